The third-order valence-electron chi connectivity index (χ3n) is 1.96. The number of halogens is 1. The third kappa shape index (κ3) is 2.97. The number of aryl methyl sites for hydroxylation is 1. The molecule has 0 unspecified atom stereocenters. The molecule has 1 aromatic rings. The van der Waals surface area contributed by atoms with E-state index in [4.69, 9.17) is 17.3 Å². The number of rotatable bonds is 3. The molecule has 1 rings (SSSR count). The van der Waals surface area contributed by atoms with Crippen molar-refractivity contribution in [3.63, 3.8) is 0 Å². The second kappa shape index (κ2) is 5.51. The number of nitrogens with zero attached hydrogens (tertiary/aromatic N) is 1. The third-order valence-corrected chi connectivity index (χ3v) is 2.23. The number of hydrogen-bond acceptors (Lipinski definition) is 3. The van der Waals surface area contributed by atoms with Crippen molar-refractivity contribution in [2.45, 2.75) is 6.92 Å². The summed E-state index contributed by atoms with van der Waals surface area (Å²) < 4.78 is 4.67. The molecule has 0 aromatic heterocycles. The normalized spacial score (nSPS) is 11.3. The van der Waals surface area contributed by atoms with E-state index in [0.717, 1.165) is 5.56 Å². The molecule has 0 fully saturated rings. The summed E-state index contributed by atoms with van der Waals surface area (Å²) in [5, 5.41) is 0. The molecule has 0 atom stereocenters. The lowest BCUT2D eigenvalue weighted by Crippen LogP contribution is -2.13. The van der Waals surface area contributed by atoms with Crippen LogP contribution < -0.4 is 5.73 Å². The maximum absolute atomic E-state index is 11.5. The summed E-state index contributed by atoms with van der Waals surface area (Å²) in [6.07, 6.45) is 0. The highest BCUT2D eigenvalue weighted by Crippen LogP contribution is 2.21. The van der Waals surface area contributed by atoms with E-state index in [1.807, 2.05) is 13.0 Å². The Kier molecular flexibility index (Phi) is 4.31. The van der Waals surface area contributed by atoms with Gasteiger partial charge >= 0.3 is 5.97 Å². The standard InChI is InChI=1S/C11H13ClN2O2/c1-7-3-4-9(14-10(13)6-12)8(5-7)11(15)16-2/h3-5H,6H2,1-2H3,(H2,13,14). The average molecular weight is 241 g/mol. The van der Waals surface area contributed by atoms with Gasteiger partial charge in [0.1, 0.15) is 5.84 Å². The van der Waals surface area contributed by atoms with Gasteiger partial charge in [-0.05, 0) is 19.1 Å². The first kappa shape index (κ1) is 12.5. The summed E-state index contributed by atoms with van der Waals surface area (Å²) in [6.45, 7) is 1.88. The van der Waals surface area contributed by atoms with Gasteiger partial charge in [-0.25, -0.2) is 9.79 Å². The van der Waals surface area contributed by atoms with Crippen LogP contribution in [0.3, 0.4) is 0 Å². The molecule has 0 spiro atoms. The van der Waals surface area contributed by atoms with Crippen molar-refractivity contribution in [2.75, 3.05) is 13.0 Å². The number of esters is 1. The van der Waals surface area contributed by atoms with Crippen molar-refractivity contribution >= 4 is 29.1 Å². The van der Waals surface area contributed by atoms with E-state index in [9.17, 15) is 4.79 Å². The second-order valence-corrected chi connectivity index (χ2v) is 3.52. The number of nitrogens with two attached hydrogens (primary N) is 1. The first-order chi connectivity index (χ1) is 7.58. The predicted molar refractivity (Wildman–Crippen MR) is 64.5 cm³/mol. The lowest BCUT2D eigenvalue weighted by Gasteiger charge is -2.05. The van der Waals surface area contributed by atoms with Crippen LogP contribution in [0, 0.1) is 6.92 Å². The van der Waals surface area contributed by atoms with Crippen LogP contribution in [0.25, 0.3) is 0 Å². The number of carbonyl (C=O) groups excluding carboxylic acids is 1. The van der Waals surface area contributed by atoms with Crippen LogP contribution in [0.4, 0.5) is 5.69 Å². The van der Waals surface area contributed by atoms with Crippen molar-refractivity contribution in [1.82, 2.24) is 0 Å². The molecule has 16 heavy (non-hydrogen) atoms. The summed E-state index contributed by atoms with van der Waals surface area (Å²) in [5.41, 5.74) is 7.32. The average Bonchev–Trinajstić information content (AvgIpc) is 2.30. The number of carbonyl (C=O) groups is 1. The zero-order valence-corrected chi connectivity index (χ0v) is 9.91. The van der Waals surface area contributed by atoms with Gasteiger partial charge in [0.05, 0.1) is 24.2 Å². The Bertz CT molecular complexity index is 430. The molecule has 0 aliphatic carbocycles. The zero-order valence-electron chi connectivity index (χ0n) is 9.16. The largest absolute Gasteiger partial charge is 0.465 e. The van der Waals surface area contributed by atoms with Gasteiger partial charge in [-0.1, -0.05) is 11.6 Å². The van der Waals surface area contributed by atoms with E-state index in [1.165, 1.54) is 7.11 Å². The molecular formula is C11H13ClN2O2. The molecule has 0 aliphatic heterocycles. The molecule has 2 N–H and O–H groups in total. The first-order valence-corrected chi connectivity index (χ1v) is 5.20. The molecule has 86 valence electrons. The van der Waals surface area contributed by atoms with Gasteiger partial charge in [0.15, 0.2) is 0 Å². The molecule has 0 bridgehead atoms. The fourth-order valence-corrected chi connectivity index (χ4v) is 1.27. The van der Waals surface area contributed by atoms with E-state index in [2.05, 4.69) is 9.73 Å². The molecule has 0 heterocycles. The van der Waals surface area contributed by atoms with Crippen molar-refractivity contribution in [1.29, 1.82) is 0 Å². The van der Waals surface area contributed by atoms with Gasteiger partial charge in [0, 0.05) is 0 Å². The molecule has 4 nitrogen and oxygen atoms in total. The van der Waals surface area contributed by atoms with Crippen LogP contribution >= 0.6 is 11.6 Å². The maximum atomic E-state index is 11.5. The summed E-state index contributed by atoms with van der Waals surface area (Å²) >= 11 is 5.53. The molecule has 0 aliphatic rings. The zero-order chi connectivity index (χ0) is 12.1. The van der Waals surface area contributed by atoms with Gasteiger partial charge in [-0.3, -0.25) is 0 Å². The van der Waals surface area contributed by atoms with Crippen LogP contribution in [0.1, 0.15) is 15.9 Å². The molecule has 5 heteroatoms. The molecule has 0 radical (unpaired) electrons. The van der Waals surface area contributed by atoms with Crippen LogP contribution in [0.2, 0.25) is 0 Å². The fraction of sp³-hybridized carbons (Fsp3) is 0.273. The minimum absolute atomic E-state index is 0.120. The Hall–Kier alpha value is -1.55. The quantitative estimate of drug-likeness (QED) is 0.380. The van der Waals surface area contributed by atoms with Gasteiger partial charge in [-0.15, -0.1) is 11.6 Å². The lowest BCUT2D eigenvalue weighted by atomic mass is 10.1. The fourth-order valence-electron chi connectivity index (χ4n) is 1.21. The SMILES string of the molecule is COC(=O)c1cc(C)ccc1N=C(N)CCl. The highest BCUT2D eigenvalue weighted by atomic mass is 35.5. The number of ether oxygens (including phenoxy) is 1. The van der Waals surface area contributed by atoms with Gasteiger partial charge in [0.2, 0.25) is 0 Å². The van der Waals surface area contributed by atoms with Crippen LogP contribution in [-0.2, 0) is 4.74 Å². The lowest BCUT2D eigenvalue weighted by molar-refractivity contribution is 0.0601. The smallest absolute Gasteiger partial charge is 0.340 e. The van der Waals surface area contributed by atoms with Crippen LogP contribution in [-0.4, -0.2) is 24.8 Å². The minimum atomic E-state index is -0.440. The molecule has 0 amide bonds. The van der Waals surface area contributed by atoms with E-state index in [1.54, 1.807) is 12.1 Å². The predicted octanol–water partition coefficient (Wildman–Crippen LogP) is 2.01. The summed E-state index contributed by atoms with van der Waals surface area (Å²) in [4.78, 5) is 15.5. The van der Waals surface area contributed by atoms with Gasteiger partial charge < -0.3 is 10.5 Å². The Morgan fingerprint density at radius 3 is 2.81 bits per heavy atom. The van der Waals surface area contributed by atoms with E-state index in [0.29, 0.717) is 11.3 Å². The molecule has 1 aromatic carbocycles. The summed E-state index contributed by atoms with van der Waals surface area (Å²) in [5.74, 6) is -0.0606. The maximum Gasteiger partial charge on any atom is 0.340 e. The van der Waals surface area contributed by atoms with Crippen LogP contribution in [0.15, 0.2) is 23.2 Å². The van der Waals surface area contributed by atoms with Crippen LogP contribution in [0.5, 0.6) is 0 Å². The highest BCUT2D eigenvalue weighted by Gasteiger charge is 2.11. The van der Waals surface area contributed by atoms with Crippen molar-refractivity contribution in [2.24, 2.45) is 10.7 Å². The van der Waals surface area contributed by atoms with Gasteiger partial charge in [0.25, 0.3) is 0 Å². The molecule has 0 saturated heterocycles. The number of hydrogen-bond donors (Lipinski definition) is 1. The van der Waals surface area contributed by atoms with E-state index >= 15 is 0 Å². The highest BCUT2D eigenvalue weighted by molar-refractivity contribution is 6.28. The molecular weight excluding hydrogens is 228 g/mol. The number of amidine groups is 1. The minimum Gasteiger partial charge on any atom is -0.465 e. The van der Waals surface area contributed by atoms with E-state index < -0.39 is 5.97 Å². The summed E-state index contributed by atoms with van der Waals surface area (Å²) in [7, 11) is 1.32. The number of benzene rings is 1. The molecule has 0 saturated carbocycles. The number of alkyl halides is 1. The van der Waals surface area contributed by atoms with Crippen molar-refractivity contribution in [3.8, 4) is 0 Å². The number of aliphatic imine (C=N–C) groups is 1. The van der Waals surface area contributed by atoms with E-state index in [-0.39, 0.29) is 11.7 Å². The second-order valence-electron chi connectivity index (χ2n) is 3.25. The Balaban J connectivity index is 3.23. The summed E-state index contributed by atoms with van der Waals surface area (Å²) in [6, 6.07) is 5.25. The Morgan fingerprint density at radius 2 is 2.25 bits per heavy atom. The van der Waals surface area contributed by atoms with Crippen molar-refractivity contribution in [3.05, 3.63) is 29.3 Å². The topological polar surface area (TPSA) is 64.7 Å². The van der Waals surface area contributed by atoms with Gasteiger partial charge in [-0.2, -0.15) is 0 Å². The van der Waals surface area contributed by atoms with Crippen molar-refractivity contribution < 1.29 is 9.53 Å². The Morgan fingerprint density at radius 1 is 1.56 bits per heavy atom. The Labute approximate surface area is 99.1 Å². The monoisotopic (exact) mass is 240 g/mol. The number of methoxy groups -OCH3 is 1. The first-order valence-electron chi connectivity index (χ1n) is 4.66.